The van der Waals surface area contributed by atoms with Crippen molar-refractivity contribution in [3.8, 4) is 22.5 Å². The van der Waals surface area contributed by atoms with Crippen molar-refractivity contribution < 1.29 is 23.1 Å². The number of carbonyl (C=O) groups is 1. The average molecular weight is 485 g/mol. The molecule has 0 aliphatic carbocycles. The zero-order chi connectivity index (χ0) is 25.4. The molecular formula is C26H27F3N4O2. The Labute approximate surface area is 201 Å². The number of hydrogen-bond acceptors (Lipinski definition) is 4. The van der Waals surface area contributed by atoms with Crippen LogP contribution in [0.2, 0.25) is 0 Å². The van der Waals surface area contributed by atoms with Crippen LogP contribution in [0.4, 0.5) is 13.2 Å². The van der Waals surface area contributed by atoms with Crippen LogP contribution >= 0.6 is 0 Å². The van der Waals surface area contributed by atoms with Gasteiger partial charge in [0.2, 0.25) is 0 Å². The topological polar surface area (TPSA) is 81.2 Å². The zero-order valence-electron chi connectivity index (χ0n) is 19.4. The van der Waals surface area contributed by atoms with Gasteiger partial charge in [0.1, 0.15) is 5.82 Å². The van der Waals surface area contributed by atoms with E-state index in [2.05, 4.69) is 83.9 Å². The number of alkyl halides is 3. The Morgan fingerprint density at radius 1 is 0.971 bits per heavy atom. The fourth-order valence-electron chi connectivity index (χ4n) is 3.33. The van der Waals surface area contributed by atoms with E-state index in [4.69, 9.17) is 14.9 Å². The number of carboxylic acid groups (broad SMARTS) is 1. The number of benzene rings is 3. The summed E-state index contributed by atoms with van der Waals surface area (Å²) in [5, 5.41) is 10.6. The number of H-pyrrole nitrogens is 1. The lowest BCUT2D eigenvalue weighted by Gasteiger charge is -2.11. The molecule has 0 atom stereocenters. The molecule has 0 aliphatic heterocycles. The third-order valence-corrected chi connectivity index (χ3v) is 5.09. The van der Waals surface area contributed by atoms with Gasteiger partial charge in [-0.05, 0) is 55.1 Å². The molecule has 3 aromatic carbocycles. The van der Waals surface area contributed by atoms with Crippen LogP contribution in [0.3, 0.4) is 0 Å². The van der Waals surface area contributed by atoms with E-state index in [1.54, 1.807) is 0 Å². The minimum atomic E-state index is -5.08. The summed E-state index contributed by atoms with van der Waals surface area (Å²) in [6.07, 6.45) is -5.08. The van der Waals surface area contributed by atoms with Crippen molar-refractivity contribution in [1.82, 2.24) is 20.2 Å². The summed E-state index contributed by atoms with van der Waals surface area (Å²) in [5.41, 5.74) is 6.88. The van der Waals surface area contributed by atoms with E-state index in [9.17, 15) is 13.2 Å². The number of nitrogens with zero attached hydrogens (tertiary/aromatic N) is 2. The fraction of sp³-hybridized carbons (Fsp3) is 0.231. The highest BCUT2D eigenvalue weighted by Gasteiger charge is 2.38. The van der Waals surface area contributed by atoms with Crippen LogP contribution in [0.15, 0.2) is 72.8 Å². The van der Waals surface area contributed by atoms with Gasteiger partial charge in [-0.25, -0.2) is 9.78 Å². The van der Waals surface area contributed by atoms with Crippen molar-refractivity contribution in [3.63, 3.8) is 0 Å². The first-order chi connectivity index (χ1) is 16.6. The fourth-order valence-corrected chi connectivity index (χ4v) is 3.33. The van der Waals surface area contributed by atoms with E-state index < -0.39 is 12.1 Å². The number of aromatic amines is 1. The normalized spacial score (nSPS) is 11.4. The van der Waals surface area contributed by atoms with Crippen LogP contribution in [0.1, 0.15) is 5.56 Å². The van der Waals surface area contributed by atoms with Crippen LogP contribution in [-0.4, -0.2) is 59.3 Å². The van der Waals surface area contributed by atoms with Gasteiger partial charge in [0, 0.05) is 25.2 Å². The van der Waals surface area contributed by atoms with Gasteiger partial charge >= 0.3 is 12.1 Å². The Balaban J connectivity index is 0.000000429. The molecule has 9 heteroatoms. The summed E-state index contributed by atoms with van der Waals surface area (Å²) in [7, 11) is 4.19. The van der Waals surface area contributed by atoms with Crippen LogP contribution in [0.25, 0.3) is 33.5 Å². The van der Waals surface area contributed by atoms with Gasteiger partial charge in [0.25, 0.3) is 0 Å². The molecule has 3 N–H and O–H groups in total. The molecule has 0 amide bonds. The summed E-state index contributed by atoms with van der Waals surface area (Å²) >= 11 is 0. The summed E-state index contributed by atoms with van der Waals surface area (Å²) < 4.78 is 31.7. The third kappa shape index (κ3) is 7.66. The minimum Gasteiger partial charge on any atom is -0.475 e. The zero-order valence-corrected chi connectivity index (χ0v) is 19.4. The summed E-state index contributed by atoms with van der Waals surface area (Å²) in [6.45, 7) is 2.91. The number of para-hydroxylation sites is 2. The average Bonchev–Trinajstić information content (AvgIpc) is 3.26. The lowest BCUT2D eigenvalue weighted by Crippen LogP contribution is -2.26. The second-order valence-corrected chi connectivity index (χ2v) is 8.17. The molecule has 6 nitrogen and oxygen atoms in total. The van der Waals surface area contributed by atoms with Crippen LogP contribution < -0.4 is 5.32 Å². The number of aromatic nitrogens is 2. The molecule has 4 rings (SSSR count). The predicted octanol–water partition coefficient (Wildman–Crippen LogP) is 5.18. The molecule has 0 saturated carbocycles. The van der Waals surface area contributed by atoms with Crippen molar-refractivity contribution in [2.24, 2.45) is 0 Å². The van der Waals surface area contributed by atoms with Crippen LogP contribution in [0.5, 0.6) is 0 Å². The van der Waals surface area contributed by atoms with Gasteiger partial charge in [-0.15, -0.1) is 0 Å². The molecular weight excluding hydrogens is 457 g/mol. The highest BCUT2D eigenvalue weighted by molar-refractivity contribution is 5.80. The molecule has 0 spiro atoms. The van der Waals surface area contributed by atoms with E-state index in [1.807, 2.05) is 18.2 Å². The maximum absolute atomic E-state index is 10.6. The Bertz CT molecular complexity index is 1240. The Morgan fingerprint density at radius 2 is 1.60 bits per heavy atom. The third-order valence-electron chi connectivity index (χ3n) is 5.09. The van der Waals surface area contributed by atoms with Crippen molar-refractivity contribution in [1.29, 1.82) is 0 Å². The molecule has 0 saturated heterocycles. The smallest absolute Gasteiger partial charge is 0.475 e. The van der Waals surface area contributed by atoms with E-state index in [0.717, 1.165) is 42.1 Å². The Kier molecular flexibility index (Phi) is 8.62. The van der Waals surface area contributed by atoms with E-state index in [-0.39, 0.29) is 0 Å². The maximum atomic E-state index is 10.6. The molecule has 0 unspecified atom stereocenters. The number of carboxylic acids is 1. The Morgan fingerprint density at radius 3 is 2.26 bits per heavy atom. The molecule has 1 aromatic heterocycles. The molecule has 0 bridgehead atoms. The van der Waals surface area contributed by atoms with Crippen LogP contribution in [0, 0.1) is 0 Å². The van der Waals surface area contributed by atoms with E-state index in [0.29, 0.717) is 0 Å². The minimum absolute atomic E-state index is 0.880. The summed E-state index contributed by atoms with van der Waals surface area (Å²) in [5.74, 6) is -1.85. The first-order valence-corrected chi connectivity index (χ1v) is 10.9. The number of hydrogen-bond donors (Lipinski definition) is 3. The SMILES string of the molecule is CN(C)CCNCc1cccc(-c2cccc(-c3nc4ccccc4[nH]3)c2)c1.O=C(O)C(F)(F)F. The van der Waals surface area contributed by atoms with Gasteiger partial charge in [0.05, 0.1) is 11.0 Å². The summed E-state index contributed by atoms with van der Waals surface area (Å²) in [4.78, 5) is 19.2. The van der Waals surface area contributed by atoms with Gasteiger partial charge in [-0.1, -0.05) is 48.5 Å². The van der Waals surface area contributed by atoms with Gasteiger partial charge in [0.15, 0.2) is 0 Å². The molecule has 4 aromatic rings. The quantitative estimate of drug-likeness (QED) is 0.315. The molecule has 1 heterocycles. The lowest BCUT2D eigenvalue weighted by atomic mass is 10.0. The first-order valence-electron chi connectivity index (χ1n) is 10.9. The van der Waals surface area contributed by atoms with Gasteiger partial charge in [-0.2, -0.15) is 13.2 Å². The highest BCUT2D eigenvalue weighted by Crippen LogP contribution is 2.27. The summed E-state index contributed by atoms with van der Waals surface area (Å²) in [6, 6.07) is 25.4. The van der Waals surface area contributed by atoms with Gasteiger partial charge in [-0.3, -0.25) is 0 Å². The predicted molar refractivity (Wildman–Crippen MR) is 131 cm³/mol. The monoisotopic (exact) mass is 484 g/mol. The number of nitrogens with one attached hydrogen (secondary N) is 2. The number of fused-ring (bicyclic) bond motifs is 1. The number of aliphatic carboxylic acids is 1. The molecule has 0 radical (unpaired) electrons. The van der Waals surface area contributed by atoms with E-state index >= 15 is 0 Å². The maximum Gasteiger partial charge on any atom is 0.490 e. The largest absolute Gasteiger partial charge is 0.490 e. The van der Waals surface area contributed by atoms with Crippen molar-refractivity contribution in [2.45, 2.75) is 12.7 Å². The van der Waals surface area contributed by atoms with Crippen molar-refractivity contribution in [2.75, 3.05) is 27.2 Å². The standard InChI is InChI=1S/C24H26N4.C2HF3O2/c1-28(2)14-13-25-17-18-7-5-8-19(15-18)20-9-6-10-21(16-20)24-26-22-11-3-4-12-23(22)27-24;3-2(4,5)1(6)7/h3-12,15-16,25H,13-14,17H2,1-2H3,(H,26,27);(H,6,7). The molecule has 0 aliphatic rings. The van der Waals surface area contributed by atoms with Crippen molar-refractivity contribution >= 4 is 17.0 Å². The van der Waals surface area contributed by atoms with Crippen LogP contribution in [-0.2, 0) is 11.3 Å². The molecule has 184 valence electrons. The van der Waals surface area contributed by atoms with E-state index in [1.165, 1.54) is 16.7 Å². The second-order valence-electron chi connectivity index (χ2n) is 8.17. The Hall–Kier alpha value is -3.69. The number of imidazole rings is 1. The van der Waals surface area contributed by atoms with Crippen molar-refractivity contribution in [3.05, 3.63) is 78.4 Å². The molecule has 35 heavy (non-hydrogen) atoms. The number of likely N-dealkylation sites (N-methyl/N-ethyl adjacent to an activating group) is 1. The molecule has 0 fully saturated rings. The number of halogens is 3. The first kappa shape index (κ1) is 25.9. The highest BCUT2D eigenvalue weighted by atomic mass is 19.4. The van der Waals surface area contributed by atoms with Gasteiger partial charge < -0.3 is 20.3 Å². The second kappa shape index (κ2) is 11.6. The number of rotatable bonds is 7. The lowest BCUT2D eigenvalue weighted by molar-refractivity contribution is -0.192.